The second-order valence-electron chi connectivity index (χ2n) is 4.97. The molecule has 6 heteroatoms. The highest BCUT2D eigenvalue weighted by Gasteiger charge is 2.34. The number of hydrogen-bond donors (Lipinski definition) is 1. The van der Waals surface area contributed by atoms with Crippen molar-refractivity contribution in [2.75, 3.05) is 32.7 Å². The van der Waals surface area contributed by atoms with Gasteiger partial charge < -0.3 is 5.32 Å². The van der Waals surface area contributed by atoms with Gasteiger partial charge in [-0.3, -0.25) is 0 Å². The smallest absolute Gasteiger partial charge is 0.282 e. The molecular weight excluding hydrogens is 238 g/mol. The zero-order chi connectivity index (χ0) is 12.3. The lowest BCUT2D eigenvalue weighted by atomic mass is 10.1. The summed E-state index contributed by atoms with van der Waals surface area (Å²) in [6.07, 6.45) is 4.29. The van der Waals surface area contributed by atoms with Gasteiger partial charge in [0.1, 0.15) is 0 Å². The van der Waals surface area contributed by atoms with Crippen molar-refractivity contribution in [1.82, 2.24) is 13.9 Å². The van der Waals surface area contributed by atoms with E-state index in [1.54, 1.807) is 8.61 Å². The molecule has 1 atom stereocenters. The first-order valence-corrected chi connectivity index (χ1v) is 8.00. The summed E-state index contributed by atoms with van der Waals surface area (Å²) in [5.41, 5.74) is 0. The molecular formula is C11H23N3O2S. The monoisotopic (exact) mass is 261 g/mol. The molecule has 1 unspecified atom stereocenters. The van der Waals surface area contributed by atoms with Crippen LogP contribution < -0.4 is 5.32 Å². The molecule has 100 valence electrons. The molecule has 5 nitrogen and oxygen atoms in total. The molecule has 0 bridgehead atoms. The SMILES string of the molecule is CC1CCCCCN1S(=O)(=O)N1CCNCC1. The second kappa shape index (κ2) is 5.65. The Morgan fingerprint density at radius 1 is 1.06 bits per heavy atom. The maximum absolute atomic E-state index is 12.5. The maximum Gasteiger partial charge on any atom is 0.282 e. The highest BCUT2D eigenvalue weighted by molar-refractivity contribution is 7.86. The van der Waals surface area contributed by atoms with Crippen molar-refractivity contribution in [2.24, 2.45) is 0 Å². The van der Waals surface area contributed by atoms with Crippen molar-refractivity contribution >= 4 is 10.2 Å². The summed E-state index contributed by atoms with van der Waals surface area (Å²) >= 11 is 0. The Kier molecular flexibility index (Phi) is 4.41. The molecule has 0 aromatic rings. The van der Waals surface area contributed by atoms with Crippen LogP contribution in [0.3, 0.4) is 0 Å². The van der Waals surface area contributed by atoms with Crippen LogP contribution in [0.1, 0.15) is 32.6 Å². The lowest BCUT2D eigenvalue weighted by Crippen LogP contribution is -2.53. The van der Waals surface area contributed by atoms with Crippen LogP contribution in [-0.2, 0) is 10.2 Å². The summed E-state index contributed by atoms with van der Waals surface area (Å²) < 4.78 is 28.4. The predicted octanol–water partition coefficient (Wildman–Crippen LogP) is 0.401. The molecule has 2 heterocycles. The average Bonchev–Trinajstić information content (AvgIpc) is 2.55. The lowest BCUT2D eigenvalue weighted by molar-refractivity contribution is 0.282. The molecule has 0 saturated carbocycles. The molecule has 0 aliphatic carbocycles. The van der Waals surface area contributed by atoms with E-state index in [4.69, 9.17) is 0 Å². The van der Waals surface area contributed by atoms with Gasteiger partial charge in [0.2, 0.25) is 0 Å². The van der Waals surface area contributed by atoms with Crippen LogP contribution in [0.25, 0.3) is 0 Å². The third-order valence-corrected chi connectivity index (χ3v) is 5.84. The van der Waals surface area contributed by atoms with E-state index in [0.29, 0.717) is 19.6 Å². The van der Waals surface area contributed by atoms with E-state index in [1.807, 2.05) is 6.92 Å². The molecule has 2 aliphatic rings. The van der Waals surface area contributed by atoms with Crippen LogP contribution in [0.2, 0.25) is 0 Å². The highest BCUT2D eigenvalue weighted by atomic mass is 32.2. The van der Waals surface area contributed by atoms with Crippen molar-refractivity contribution in [1.29, 1.82) is 0 Å². The van der Waals surface area contributed by atoms with Gasteiger partial charge >= 0.3 is 0 Å². The van der Waals surface area contributed by atoms with E-state index >= 15 is 0 Å². The summed E-state index contributed by atoms with van der Waals surface area (Å²) in [5, 5.41) is 3.19. The number of nitrogens with zero attached hydrogens (tertiary/aromatic N) is 2. The van der Waals surface area contributed by atoms with Crippen molar-refractivity contribution in [3.05, 3.63) is 0 Å². The molecule has 17 heavy (non-hydrogen) atoms. The normalized spacial score (nSPS) is 30.1. The number of rotatable bonds is 2. The predicted molar refractivity (Wildman–Crippen MR) is 68.0 cm³/mol. The molecule has 2 rings (SSSR count). The Hall–Kier alpha value is -0.170. The molecule has 2 saturated heterocycles. The Balaban J connectivity index is 2.11. The van der Waals surface area contributed by atoms with E-state index in [-0.39, 0.29) is 6.04 Å². The minimum Gasteiger partial charge on any atom is -0.314 e. The van der Waals surface area contributed by atoms with Crippen LogP contribution in [0, 0.1) is 0 Å². The van der Waals surface area contributed by atoms with Crippen LogP contribution in [0.15, 0.2) is 0 Å². The van der Waals surface area contributed by atoms with Gasteiger partial charge in [-0.05, 0) is 19.8 Å². The maximum atomic E-state index is 12.5. The summed E-state index contributed by atoms with van der Waals surface area (Å²) in [6.45, 7) is 5.46. The van der Waals surface area contributed by atoms with E-state index in [0.717, 1.165) is 38.8 Å². The quantitative estimate of drug-likeness (QED) is 0.783. The third-order valence-electron chi connectivity index (χ3n) is 3.69. The van der Waals surface area contributed by atoms with Crippen molar-refractivity contribution in [2.45, 2.75) is 38.6 Å². The summed E-state index contributed by atoms with van der Waals surface area (Å²) in [5.74, 6) is 0. The molecule has 2 fully saturated rings. The first kappa shape index (κ1) is 13.3. The number of nitrogens with one attached hydrogen (secondary N) is 1. The Morgan fingerprint density at radius 3 is 2.47 bits per heavy atom. The fourth-order valence-corrected chi connectivity index (χ4v) is 4.48. The number of hydrogen-bond acceptors (Lipinski definition) is 3. The van der Waals surface area contributed by atoms with Gasteiger partial charge in [-0.15, -0.1) is 0 Å². The zero-order valence-corrected chi connectivity index (χ0v) is 11.4. The van der Waals surface area contributed by atoms with Crippen molar-refractivity contribution in [3.8, 4) is 0 Å². The average molecular weight is 261 g/mol. The van der Waals surface area contributed by atoms with Crippen LogP contribution in [0.4, 0.5) is 0 Å². The lowest BCUT2D eigenvalue weighted by Gasteiger charge is -2.34. The van der Waals surface area contributed by atoms with Gasteiger partial charge in [-0.1, -0.05) is 12.8 Å². The van der Waals surface area contributed by atoms with Crippen molar-refractivity contribution in [3.63, 3.8) is 0 Å². The van der Waals surface area contributed by atoms with Crippen LogP contribution in [-0.4, -0.2) is 55.8 Å². The van der Waals surface area contributed by atoms with Crippen LogP contribution in [0.5, 0.6) is 0 Å². The molecule has 0 radical (unpaired) electrons. The first-order valence-electron chi connectivity index (χ1n) is 6.60. The molecule has 0 aromatic carbocycles. The van der Waals surface area contributed by atoms with Crippen molar-refractivity contribution < 1.29 is 8.42 Å². The largest absolute Gasteiger partial charge is 0.314 e. The van der Waals surface area contributed by atoms with Gasteiger partial charge in [-0.25, -0.2) is 0 Å². The minimum absolute atomic E-state index is 0.150. The Morgan fingerprint density at radius 2 is 1.76 bits per heavy atom. The van der Waals surface area contributed by atoms with E-state index in [1.165, 1.54) is 0 Å². The van der Waals surface area contributed by atoms with Gasteiger partial charge in [-0.2, -0.15) is 17.0 Å². The second-order valence-corrected chi connectivity index (χ2v) is 6.85. The number of piperazine rings is 1. The fraction of sp³-hybridized carbons (Fsp3) is 1.00. The summed E-state index contributed by atoms with van der Waals surface area (Å²) in [6, 6.07) is 0.150. The minimum atomic E-state index is -3.23. The summed E-state index contributed by atoms with van der Waals surface area (Å²) in [7, 11) is -3.23. The Bertz CT molecular complexity index is 339. The molecule has 2 aliphatic heterocycles. The van der Waals surface area contributed by atoms with E-state index in [9.17, 15) is 8.42 Å². The molecule has 0 spiro atoms. The van der Waals surface area contributed by atoms with Crippen LogP contribution >= 0.6 is 0 Å². The molecule has 0 amide bonds. The van der Waals surface area contributed by atoms with Gasteiger partial charge in [0.15, 0.2) is 0 Å². The first-order chi connectivity index (χ1) is 8.12. The third kappa shape index (κ3) is 2.99. The van der Waals surface area contributed by atoms with E-state index < -0.39 is 10.2 Å². The van der Waals surface area contributed by atoms with E-state index in [2.05, 4.69) is 5.32 Å². The van der Waals surface area contributed by atoms with Gasteiger partial charge in [0, 0.05) is 38.8 Å². The Labute approximate surface area is 104 Å². The van der Waals surface area contributed by atoms with Gasteiger partial charge in [0.25, 0.3) is 10.2 Å². The standard InChI is InChI=1S/C11H23N3O2S/c1-11-5-3-2-4-8-14(11)17(15,16)13-9-6-12-7-10-13/h11-12H,2-10H2,1H3. The molecule has 0 aromatic heterocycles. The van der Waals surface area contributed by atoms with Gasteiger partial charge in [0.05, 0.1) is 0 Å². The summed E-state index contributed by atoms with van der Waals surface area (Å²) in [4.78, 5) is 0. The zero-order valence-electron chi connectivity index (χ0n) is 10.6. The topological polar surface area (TPSA) is 52.7 Å². The highest BCUT2D eigenvalue weighted by Crippen LogP contribution is 2.21. The molecule has 1 N–H and O–H groups in total. The fourth-order valence-electron chi connectivity index (χ4n) is 2.61.